The summed E-state index contributed by atoms with van der Waals surface area (Å²) in [5, 5.41) is 8.60. The summed E-state index contributed by atoms with van der Waals surface area (Å²) in [6.45, 7) is 2.51. The largest absolute Gasteiger partial charge is 0.481 e. The van der Waals surface area contributed by atoms with Crippen molar-refractivity contribution in [3.8, 4) is 0 Å². The first-order chi connectivity index (χ1) is 8.04. The van der Waals surface area contributed by atoms with E-state index in [2.05, 4.69) is 20.9 Å². The molecule has 0 aliphatic rings. The molecule has 0 bridgehead atoms. The van der Waals surface area contributed by atoms with Gasteiger partial charge in [-0.25, -0.2) is 4.98 Å². The lowest BCUT2D eigenvalue weighted by atomic mass is 10.2. The van der Waals surface area contributed by atoms with Gasteiger partial charge in [0.15, 0.2) is 0 Å². The van der Waals surface area contributed by atoms with Crippen LogP contribution in [0.4, 0.5) is 0 Å². The summed E-state index contributed by atoms with van der Waals surface area (Å²) in [6, 6.07) is 3.22. The van der Waals surface area contributed by atoms with Crippen LogP contribution in [0.3, 0.4) is 0 Å². The molecule has 5 nitrogen and oxygen atoms in total. The third-order valence-corrected chi connectivity index (χ3v) is 2.67. The summed E-state index contributed by atoms with van der Waals surface area (Å²) in [6.07, 6.45) is 1.48. The summed E-state index contributed by atoms with van der Waals surface area (Å²) in [7, 11) is 0. The first kappa shape index (κ1) is 13.6. The number of hydrogen-bond acceptors (Lipinski definition) is 3. The second-order valence-electron chi connectivity index (χ2n) is 3.40. The summed E-state index contributed by atoms with van der Waals surface area (Å²) >= 11 is 3.19. The van der Waals surface area contributed by atoms with E-state index in [1.807, 2.05) is 6.92 Å². The number of amides is 1. The molecule has 0 saturated carbocycles. The van der Waals surface area contributed by atoms with Crippen molar-refractivity contribution in [2.24, 2.45) is 0 Å². The van der Waals surface area contributed by atoms with Crippen molar-refractivity contribution >= 4 is 27.8 Å². The zero-order chi connectivity index (χ0) is 12.8. The second kappa shape index (κ2) is 6.34. The fourth-order valence-electron chi connectivity index (χ4n) is 1.35. The van der Waals surface area contributed by atoms with Crippen LogP contribution in [-0.2, 0) is 4.79 Å². The van der Waals surface area contributed by atoms with Crippen molar-refractivity contribution in [3.63, 3.8) is 0 Å². The zero-order valence-electron chi connectivity index (χ0n) is 9.39. The number of carboxylic acid groups (broad SMARTS) is 1. The van der Waals surface area contributed by atoms with E-state index in [1.54, 1.807) is 12.1 Å². The van der Waals surface area contributed by atoms with E-state index in [-0.39, 0.29) is 18.9 Å². The first-order valence-electron chi connectivity index (χ1n) is 5.17. The Labute approximate surface area is 108 Å². The molecular formula is C11H13BrN2O3. The Morgan fingerprint density at radius 1 is 1.53 bits per heavy atom. The van der Waals surface area contributed by atoms with Crippen molar-refractivity contribution in [2.75, 3.05) is 13.1 Å². The molecule has 0 atom stereocenters. The van der Waals surface area contributed by atoms with Gasteiger partial charge in [-0.05, 0) is 35.0 Å². The lowest BCUT2D eigenvalue weighted by Crippen LogP contribution is -2.32. The molecule has 0 saturated heterocycles. The van der Waals surface area contributed by atoms with Gasteiger partial charge in [-0.3, -0.25) is 9.59 Å². The van der Waals surface area contributed by atoms with Crippen LogP contribution in [0.5, 0.6) is 0 Å². The molecule has 1 aromatic heterocycles. The van der Waals surface area contributed by atoms with Crippen LogP contribution in [0.25, 0.3) is 0 Å². The van der Waals surface area contributed by atoms with Gasteiger partial charge in [0, 0.05) is 24.8 Å². The van der Waals surface area contributed by atoms with E-state index in [0.717, 1.165) is 0 Å². The fraction of sp³-hybridized carbons (Fsp3) is 0.364. The smallest absolute Gasteiger partial charge is 0.305 e. The zero-order valence-corrected chi connectivity index (χ0v) is 11.0. The second-order valence-corrected chi connectivity index (χ2v) is 4.21. The van der Waals surface area contributed by atoms with Crippen molar-refractivity contribution in [1.29, 1.82) is 0 Å². The van der Waals surface area contributed by atoms with E-state index in [4.69, 9.17) is 5.11 Å². The standard InChI is InChI=1S/C11H13BrN2O3/c1-2-14(6-4-10(15)16)11(17)8-3-5-13-9(12)7-8/h3,5,7H,2,4,6H2,1H3,(H,15,16). The van der Waals surface area contributed by atoms with E-state index in [0.29, 0.717) is 16.7 Å². The number of aromatic nitrogens is 1. The minimum absolute atomic E-state index is 0.0498. The molecule has 0 radical (unpaired) electrons. The van der Waals surface area contributed by atoms with E-state index in [9.17, 15) is 9.59 Å². The van der Waals surface area contributed by atoms with Crippen molar-refractivity contribution in [1.82, 2.24) is 9.88 Å². The molecule has 6 heteroatoms. The highest BCUT2D eigenvalue weighted by atomic mass is 79.9. The molecular weight excluding hydrogens is 288 g/mol. The minimum atomic E-state index is -0.910. The monoisotopic (exact) mass is 300 g/mol. The summed E-state index contributed by atoms with van der Waals surface area (Å²) < 4.78 is 0.581. The molecule has 0 aliphatic carbocycles. The Balaban J connectivity index is 2.75. The molecule has 17 heavy (non-hydrogen) atoms. The molecule has 1 heterocycles. The minimum Gasteiger partial charge on any atom is -0.481 e. The average Bonchev–Trinajstić information content (AvgIpc) is 2.29. The molecule has 0 aromatic carbocycles. The molecule has 0 fully saturated rings. The van der Waals surface area contributed by atoms with Crippen LogP contribution in [0, 0.1) is 0 Å². The highest BCUT2D eigenvalue weighted by Gasteiger charge is 2.15. The number of nitrogens with zero attached hydrogens (tertiary/aromatic N) is 2. The molecule has 1 aromatic rings. The molecule has 1 N–H and O–H groups in total. The quantitative estimate of drug-likeness (QED) is 0.842. The van der Waals surface area contributed by atoms with Gasteiger partial charge in [0.1, 0.15) is 4.60 Å². The fourth-order valence-corrected chi connectivity index (χ4v) is 1.72. The van der Waals surface area contributed by atoms with Gasteiger partial charge in [0.05, 0.1) is 6.42 Å². The van der Waals surface area contributed by atoms with Gasteiger partial charge >= 0.3 is 5.97 Å². The van der Waals surface area contributed by atoms with Gasteiger partial charge in [0.2, 0.25) is 0 Å². The maximum atomic E-state index is 12.0. The summed E-state index contributed by atoms with van der Waals surface area (Å²) in [5.74, 6) is -1.09. The Morgan fingerprint density at radius 2 is 2.24 bits per heavy atom. The van der Waals surface area contributed by atoms with Crippen LogP contribution in [0.15, 0.2) is 22.9 Å². The Bertz CT molecular complexity index is 423. The molecule has 1 rings (SSSR count). The van der Waals surface area contributed by atoms with E-state index < -0.39 is 5.97 Å². The normalized spacial score (nSPS) is 10.0. The lowest BCUT2D eigenvalue weighted by Gasteiger charge is -2.19. The van der Waals surface area contributed by atoms with E-state index >= 15 is 0 Å². The van der Waals surface area contributed by atoms with Crippen LogP contribution in [0.1, 0.15) is 23.7 Å². The van der Waals surface area contributed by atoms with Crippen molar-refractivity contribution in [3.05, 3.63) is 28.5 Å². The number of rotatable bonds is 5. The summed E-state index contributed by atoms with van der Waals surface area (Å²) in [4.78, 5) is 27.9. The molecule has 0 unspecified atom stereocenters. The predicted octanol–water partition coefficient (Wildman–Crippen LogP) is 1.78. The lowest BCUT2D eigenvalue weighted by molar-refractivity contribution is -0.137. The van der Waals surface area contributed by atoms with Crippen LogP contribution >= 0.6 is 15.9 Å². The molecule has 92 valence electrons. The Morgan fingerprint density at radius 3 is 2.76 bits per heavy atom. The number of carbonyl (C=O) groups excluding carboxylic acids is 1. The van der Waals surface area contributed by atoms with Crippen LogP contribution in [0.2, 0.25) is 0 Å². The maximum Gasteiger partial charge on any atom is 0.305 e. The Hall–Kier alpha value is -1.43. The van der Waals surface area contributed by atoms with Gasteiger partial charge in [0.25, 0.3) is 5.91 Å². The third kappa shape index (κ3) is 4.14. The average molecular weight is 301 g/mol. The highest BCUT2D eigenvalue weighted by molar-refractivity contribution is 9.10. The topological polar surface area (TPSA) is 70.5 Å². The number of aliphatic carboxylic acids is 1. The van der Waals surface area contributed by atoms with Crippen LogP contribution in [-0.4, -0.2) is 40.0 Å². The molecule has 0 spiro atoms. The van der Waals surface area contributed by atoms with Gasteiger partial charge < -0.3 is 10.0 Å². The number of halogens is 1. The van der Waals surface area contributed by atoms with E-state index in [1.165, 1.54) is 11.1 Å². The third-order valence-electron chi connectivity index (χ3n) is 2.24. The van der Waals surface area contributed by atoms with Crippen LogP contribution < -0.4 is 0 Å². The highest BCUT2D eigenvalue weighted by Crippen LogP contribution is 2.10. The SMILES string of the molecule is CCN(CCC(=O)O)C(=O)c1ccnc(Br)c1. The first-order valence-corrected chi connectivity index (χ1v) is 5.96. The van der Waals surface area contributed by atoms with Crippen molar-refractivity contribution in [2.45, 2.75) is 13.3 Å². The van der Waals surface area contributed by atoms with Crippen molar-refractivity contribution < 1.29 is 14.7 Å². The molecule has 0 aliphatic heterocycles. The maximum absolute atomic E-state index is 12.0. The molecule has 1 amide bonds. The number of carbonyl (C=O) groups is 2. The number of pyridine rings is 1. The summed E-state index contributed by atoms with van der Waals surface area (Å²) in [5.41, 5.74) is 0.499. The van der Waals surface area contributed by atoms with Gasteiger partial charge in [-0.1, -0.05) is 0 Å². The Kier molecular flexibility index (Phi) is 5.09. The number of carboxylic acids is 1. The van der Waals surface area contributed by atoms with Gasteiger partial charge in [-0.2, -0.15) is 0 Å². The number of hydrogen-bond donors (Lipinski definition) is 1. The van der Waals surface area contributed by atoms with Gasteiger partial charge in [-0.15, -0.1) is 0 Å². The predicted molar refractivity (Wildman–Crippen MR) is 65.8 cm³/mol.